The fourth-order valence-corrected chi connectivity index (χ4v) is 4.59. The second-order valence-electron chi connectivity index (χ2n) is 11.4. The van der Waals surface area contributed by atoms with Crippen molar-refractivity contribution in [2.24, 2.45) is 5.41 Å². The molecule has 0 spiro atoms. The number of aromatic nitrogens is 1. The van der Waals surface area contributed by atoms with Crippen molar-refractivity contribution in [1.82, 2.24) is 21.0 Å². The fraction of sp³-hybridized carbons (Fsp3) is 0.345. The lowest BCUT2D eigenvalue weighted by atomic mass is 9.69. The van der Waals surface area contributed by atoms with Crippen molar-refractivity contribution < 1.29 is 9.18 Å². The summed E-state index contributed by atoms with van der Waals surface area (Å²) < 4.78 is 13.9. The summed E-state index contributed by atoms with van der Waals surface area (Å²) in [5.74, 6) is -0.548. The predicted molar refractivity (Wildman–Crippen MR) is 151 cm³/mol. The number of carbonyl (C=O) groups excluding carboxylic acids is 1. The molecule has 2 radical (unpaired) electrons. The monoisotopic (exact) mass is 523 g/mol. The van der Waals surface area contributed by atoms with Gasteiger partial charge in [0.15, 0.2) is 5.78 Å². The molecule has 5 rings (SSSR count). The molecule has 1 unspecified atom stereocenters. The maximum absolute atomic E-state index is 13.9. The first-order valence-corrected chi connectivity index (χ1v) is 13.0. The Balaban J connectivity index is 1.65. The number of fused-ring (bicyclic) bond motifs is 1. The van der Waals surface area contributed by atoms with Gasteiger partial charge in [0.05, 0.1) is 27.9 Å². The molecule has 0 bridgehead atoms. The van der Waals surface area contributed by atoms with Gasteiger partial charge >= 0.3 is 0 Å². The minimum Gasteiger partial charge on any atom is -0.383 e. The first-order chi connectivity index (χ1) is 18.5. The Morgan fingerprint density at radius 2 is 1.97 bits per heavy atom. The summed E-state index contributed by atoms with van der Waals surface area (Å²) in [7, 11) is 7.07. The summed E-state index contributed by atoms with van der Waals surface area (Å²) in [6.45, 7) is 8.36. The smallest absolute Gasteiger partial charge is 0.162 e. The number of halogens is 1. The third-order valence-electron chi connectivity index (χ3n) is 6.86. The van der Waals surface area contributed by atoms with Gasteiger partial charge in [-0.1, -0.05) is 32.9 Å². The number of hydrogen-bond acceptors (Lipinski definition) is 8. The Morgan fingerprint density at radius 3 is 2.59 bits per heavy atom. The van der Waals surface area contributed by atoms with Crippen LogP contribution in [0, 0.1) is 22.6 Å². The van der Waals surface area contributed by atoms with Gasteiger partial charge in [-0.3, -0.25) is 14.8 Å². The minimum absolute atomic E-state index is 0.0579. The summed E-state index contributed by atoms with van der Waals surface area (Å²) >= 11 is 0. The molecule has 1 fully saturated rings. The molecule has 2 aromatic carbocycles. The lowest BCUT2D eigenvalue weighted by Crippen LogP contribution is -2.45. The van der Waals surface area contributed by atoms with Gasteiger partial charge in [0.25, 0.3) is 0 Å². The number of rotatable bonds is 8. The zero-order valence-corrected chi connectivity index (χ0v) is 22.5. The topological polar surface area (TPSA) is 105 Å². The Morgan fingerprint density at radius 1 is 1.26 bits per heavy atom. The number of carbonyl (C=O) groups is 1. The van der Waals surface area contributed by atoms with Gasteiger partial charge in [-0.25, -0.2) is 4.39 Å². The van der Waals surface area contributed by atoms with Crippen LogP contribution in [0.4, 0.5) is 15.8 Å². The molecule has 0 amide bonds. The normalized spacial score (nSPS) is 16.7. The molecule has 8 nitrogen and oxygen atoms in total. The first-order valence-electron chi connectivity index (χ1n) is 13.0. The Kier molecular flexibility index (Phi) is 6.73. The Hall–Kier alpha value is -4.10. The van der Waals surface area contributed by atoms with E-state index in [0.717, 1.165) is 12.8 Å². The van der Waals surface area contributed by atoms with Crippen molar-refractivity contribution in [3.05, 3.63) is 77.0 Å². The van der Waals surface area contributed by atoms with E-state index < -0.39 is 5.44 Å². The van der Waals surface area contributed by atoms with Crippen LogP contribution in [0.1, 0.15) is 62.0 Å². The number of anilines is 2. The molecule has 4 N–H and O–H groups in total. The van der Waals surface area contributed by atoms with Gasteiger partial charge in [0.2, 0.25) is 0 Å². The molecule has 1 aliphatic carbocycles. The number of benzene rings is 2. The van der Waals surface area contributed by atoms with Crippen LogP contribution in [0.15, 0.2) is 54.5 Å². The number of hydrogen-bond donors (Lipinski definition) is 4. The molecule has 1 saturated carbocycles. The lowest BCUT2D eigenvalue weighted by molar-refractivity contribution is 0.101. The van der Waals surface area contributed by atoms with E-state index >= 15 is 0 Å². The Bertz CT molecular complexity index is 1510. The van der Waals surface area contributed by atoms with Crippen LogP contribution in [0.25, 0.3) is 10.9 Å². The van der Waals surface area contributed by atoms with Crippen LogP contribution in [0.3, 0.4) is 0 Å². The standard InChI is InChI=1S/C29H31BFN7O/c1-17(39)23-11-21(12-24-26(34-16-28(2,3)4)18(13-32)14-33-27(23)24)35-29(30,19-5-7-20(31)8-6-19)25-15-38(37-36-25)22-9-10-22/h5-8,11-12,14-15,22,35-37H,9-10,16H2,1-4H3,(H,33,34). The van der Waals surface area contributed by atoms with Gasteiger partial charge in [0.1, 0.15) is 19.7 Å². The predicted octanol–water partition coefficient (Wildman–Crippen LogP) is 4.67. The van der Waals surface area contributed by atoms with E-state index in [0.29, 0.717) is 57.3 Å². The van der Waals surface area contributed by atoms with E-state index in [1.54, 1.807) is 18.2 Å². The first kappa shape index (κ1) is 26.5. The highest BCUT2D eigenvalue weighted by Crippen LogP contribution is 2.37. The van der Waals surface area contributed by atoms with E-state index in [4.69, 9.17) is 7.85 Å². The van der Waals surface area contributed by atoms with Gasteiger partial charge in [-0.15, -0.1) is 5.53 Å². The minimum atomic E-state index is -1.31. The SMILES string of the molecule is [B]C(Nc1cc(C(C)=O)c2ncc(C#N)c(NCC(C)(C)C)c2c1)(C1=CN(C2CC2)NN1)c1ccc(F)cc1. The van der Waals surface area contributed by atoms with Crippen LogP contribution >= 0.6 is 0 Å². The van der Waals surface area contributed by atoms with Crippen molar-refractivity contribution >= 4 is 35.9 Å². The van der Waals surface area contributed by atoms with E-state index in [1.165, 1.54) is 25.3 Å². The second kappa shape index (κ2) is 9.90. The van der Waals surface area contributed by atoms with E-state index in [9.17, 15) is 14.4 Å². The van der Waals surface area contributed by atoms with Crippen LogP contribution < -0.4 is 21.6 Å². The van der Waals surface area contributed by atoms with Crippen LogP contribution in [-0.4, -0.2) is 36.2 Å². The molecular weight excluding hydrogens is 492 g/mol. The molecule has 1 atom stereocenters. The van der Waals surface area contributed by atoms with Gasteiger partial charge in [-0.2, -0.15) is 5.26 Å². The van der Waals surface area contributed by atoms with Crippen LogP contribution in [0.2, 0.25) is 0 Å². The summed E-state index contributed by atoms with van der Waals surface area (Å²) in [6, 6.07) is 12.1. The molecule has 2 heterocycles. The third-order valence-corrected chi connectivity index (χ3v) is 6.86. The van der Waals surface area contributed by atoms with Crippen molar-refractivity contribution in [2.45, 2.75) is 52.0 Å². The molecule has 3 aromatic rings. The Labute approximate surface area is 229 Å². The summed E-state index contributed by atoms with van der Waals surface area (Å²) in [6.07, 6.45) is 5.55. The third kappa shape index (κ3) is 5.41. The highest BCUT2D eigenvalue weighted by molar-refractivity contribution is 6.20. The van der Waals surface area contributed by atoms with Crippen molar-refractivity contribution in [1.29, 1.82) is 5.26 Å². The van der Waals surface area contributed by atoms with Gasteiger partial charge in [-0.05, 0) is 55.0 Å². The van der Waals surface area contributed by atoms with Crippen LogP contribution in [0.5, 0.6) is 0 Å². The average molecular weight is 523 g/mol. The lowest BCUT2D eigenvalue weighted by Gasteiger charge is -2.34. The second-order valence-corrected chi connectivity index (χ2v) is 11.4. The van der Waals surface area contributed by atoms with Crippen molar-refractivity contribution in [2.75, 3.05) is 17.2 Å². The number of nitrogens with one attached hydrogen (secondary N) is 4. The van der Waals surface area contributed by atoms with Gasteiger partial charge < -0.3 is 16.1 Å². The molecule has 1 aromatic heterocycles. The molecule has 10 heteroatoms. The molecule has 2 aliphatic rings. The van der Waals surface area contributed by atoms with E-state index in [1.807, 2.05) is 17.3 Å². The largest absolute Gasteiger partial charge is 0.383 e. The number of pyridine rings is 1. The zero-order chi connectivity index (χ0) is 27.9. The summed E-state index contributed by atoms with van der Waals surface area (Å²) in [5.41, 5.74) is 8.58. The van der Waals surface area contributed by atoms with Crippen molar-refractivity contribution in [3.63, 3.8) is 0 Å². The molecule has 39 heavy (non-hydrogen) atoms. The average Bonchev–Trinajstić information content (AvgIpc) is 3.62. The van der Waals surface area contributed by atoms with E-state index in [-0.39, 0.29) is 17.0 Å². The molecular formula is C29H31BFN7O. The molecule has 1 aliphatic heterocycles. The van der Waals surface area contributed by atoms with Crippen LogP contribution in [-0.2, 0) is 5.44 Å². The maximum atomic E-state index is 13.9. The number of ketones is 1. The number of Topliss-reactive ketones (excluding diaryl/α,β-unsaturated/α-hetero) is 1. The highest BCUT2D eigenvalue weighted by Gasteiger charge is 2.38. The fourth-order valence-electron chi connectivity index (χ4n) is 4.59. The van der Waals surface area contributed by atoms with Crippen molar-refractivity contribution in [3.8, 4) is 6.07 Å². The highest BCUT2D eigenvalue weighted by atomic mass is 19.1. The number of hydrazine groups is 2. The summed E-state index contributed by atoms with van der Waals surface area (Å²) in [4.78, 5) is 17.3. The molecule has 0 saturated heterocycles. The number of nitrogens with zero attached hydrogens (tertiary/aromatic N) is 3. The number of nitriles is 1. The maximum Gasteiger partial charge on any atom is 0.162 e. The quantitative estimate of drug-likeness (QED) is 0.250. The zero-order valence-electron chi connectivity index (χ0n) is 22.5. The summed E-state index contributed by atoms with van der Waals surface area (Å²) in [5, 5.41) is 19.3. The molecule has 198 valence electrons. The van der Waals surface area contributed by atoms with E-state index in [2.05, 4.69) is 53.4 Å². The van der Waals surface area contributed by atoms with Gasteiger partial charge in [0, 0.05) is 41.6 Å².